The molecule has 1 fully saturated rings. The fourth-order valence-electron chi connectivity index (χ4n) is 4.61. The molecular weight excluding hydrogens is 430 g/mol. The minimum absolute atomic E-state index is 0.124. The van der Waals surface area contributed by atoms with E-state index in [0.717, 1.165) is 43.3 Å². The molecule has 34 heavy (non-hydrogen) atoms. The van der Waals surface area contributed by atoms with Crippen LogP contribution in [0.2, 0.25) is 0 Å². The number of aromatic amines is 1. The molecule has 1 amide bonds. The summed E-state index contributed by atoms with van der Waals surface area (Å²) in [6.45, 7) is 4.71. The Bertz CT molecular complexity index is 1120. The number of ether oxygens (including phenoxy) is 2. The molecule has 0 atom stereocenters. The largest absolute Gasteiger partial charge is 0.497 e. The highest BCUT2D eigenvalue weighted by Gasteiger charge is 2.23. The zero-order chi connectivity index (χ0) is 23.9. The van der Waals surface area contributed by atoms with Gasteiger partial charge in [-0.1, -0.05) is 30.3 Å². The van der Waals surface area contributed by atoms with Gasteiger partial charge in [-0.2, -0.15) is 0 Å². The first-order valence-corrected chi connectivity index (χ1v) is 12.0. The second-order valence-corrected chi connectivity index (χ2v) is 8.78. The van der Waals surface area contributed by atoms with Crippen molar-refractivity contribution >= 4 is 28.5 Å². The highest BCUT2D eigenvalue weighted by atomic mass is 16.5. The molecule has 3 aromatic rings. The van der Waals surface area contributed by atoms with Gasteiger partial charge in [0.25, 0.3) is 0 Å². The number of hydrogen-bond donors (Lipinski definition) is 2. The number of hydrogen-bond acceptors (Lipinski definition) is 5. The molecule has 0 bridgehead atoms. The number of aromatic nitrogens is 1. The van der Waals surface area contributed by atoms with E-state index in [2.05, 4.69) is 45.5 Å². The molecule has 1 aliphatic rings. The molecule has 0 unspecified atom stereocenters. The Morgan fingerprint density at radius 3 is 2.59 bits per heavy atom. The standard InChI is InChI=1S/C27H33N3O4/c1-3-34-27(32)26-25(22-18-21(33-2)9-10-23(22)28-26)29-24(31)13-16-30-14-11-20(12-15-30)17-19-7-5-4-6-8-19/h4-10,18,20,28H,3,11-17H2,1-2H3,(H,29,31). The monoisotopic (exact) mass is 463 g/mol. The van der Waals surface area contributed by atoms with Gasteiger partial charge in [0.1, 0.15) is 11.4 Å². The van der Waals surface area contributed by atoms with Gasteiger partial charge >= 0.3 is 5.97 Å². The van der Waals surface area contributed by atoms with E-state index in [-0.39, 0.29) is 18.2 Å². The first kappa shape index (κ1) is 23.8. The molecule has 2 N–H and O–H groups in total. The number of methoxy groups -OCH3 is 1. The maximum atomic E-state index is 12.9. The zero-order valence-electron chi connectivity index (χ0n) is 19.9. The van der Waals surface area contributed by atoms with Crippen molar-refractivity contribution in [2.45, 2.75) is 32.6 Å². The van der Waals surface area contributed by atoms with Gasteiger partial charge in [0.15, 0.2) is 0 Å². The molecule has 1 aliphatic heterocycles. The lowest BCUT2D eigenvalue weighted by molar-refractivity contribution is -0.116. The summed E-state index contributed by atoms with van der Waals surface area (Å²) in [6.07, 6.45) is 3.77. The van der Waals surface area contributed by atoms with E-state index >= 15 is 0 Å². The van der Waals surface area contributed by atoms with Gasteiger partial charge in [-0.25, -0.2) is 4.79 Å². The summed E-state index contributed by atoms with van der Waals surface area (Å²) >= 11 is 0. The summed E-state index contributed by atoms with van der Waals surface area (Å²) in [6, 6.07) is 16.1. The second-order valence-electron chi connectivity index (χ2n) is 8.78. The Kier molecular flexibility index (Phi) is 7.85. The molecule has 0 spiro atoms. The molecule has 0 aliphatic carbocycles. The minimum Gasteiger partial charge on any atom is -0.497 e. The number of rotatable bonds is 9. The van der Waals surface area contributed by atoms with Crippen LogP contribution >= 0.6 is 0 Å². The van der Waals surface area contributed by atoms with Gasteiger partial charge in [-0.15, -0.1) is 0 Å². The summed E-state index contributed by atoms with van der Waals surface area (Å²) in [5.41, 5.74) is 2.83. The lowest BCUT2D eigenvalue weighted by atomic mass is 9.90. The Morgan fingerprint density at radius 2 is 1.88 bits per heavy atom. The number of carbonyl (C=O) groups excluding carboxylic acids is 2. The highest BCUT2D eigenvalue weighted by molar-refractivity contribution is 6.11. The molecule has 2 heterocycles. The number of benzene rings is 2. The molecule has 1 saturated heterocycles. The lowest BCUT2D eigenvalue weighted by Crippen LogP contribution is -2.36. The van der Waals surface area contributed by atoms with Crippen molar-refractivity contribution in [2.75, 3.05) is 38.7 Å². The zero-order valence-corrected chi connectivity index (χ0v) is 19.9. The van der Waals surface area contributed by atoms with Gasteiger partial charge in [-0.05, 0) is 69.0 Å². The Balaban J connectivity index is 1.35. The predicted molar refractivity (Wildman–Crippen MR) is 133 cm³/mol. The van der Waals surface area contributed by atoms with Gasteiger partial charge in [0, 0.05) is 23.9 Å². The van der Waals surface area contributed by atoms with Crippen molar-refractivity contribution < 1.29 is 19.1 Å². The SMILES string of the molecule is CCOC(=O)c1[nH]c2ccc(OC)cc2c1NC(=O)CCN1CCC(Cc2ccccc2)CC1. The Labute approximate surface area is 200 Å². The number of nitrogens with one attached hydrogen (secondary N) is 2. The van der Waals surface area contributed by atoms with E-state index in [1.807, 2.05) is 12.1 Å². The minimum atomic E-state index is -0.492. The van der Waals surface area contributed by atoms with E-state index in [4.69, 9.17) is 9.47 Å². The van der Waals surface area contributed by atoms with Crippen molar-refractivity contribution in [2.24, 2.45) is 5.92 Å². The number of amides is 1. The fraction of sp³-hybridized carbons (Fsp3) is 0.407. The van der Waals surface area contributed by atoms with Crippen molar-refractivity contribution in [3.63, 3.8) is 0 Å². The first-order valence-electron chi connectivity index (χ1n) is 12.0. The van der Waals surface area contributed by atoms with E-state index < -0.39 is 5.97 Å². The number of carbonyl (C=O) groups is 2. The second kappa shape index (κ2) is 11.2. The van der Waals surface area contributed by atoms with Gasteiger partial charge in [-0.3, -0.25) is 4.79 Å². The average Bonchev–Trinajstić information content (AvgIpc) is 3.22. The van der Waals surface area contributed by atoms with Crippen LogP contribution in [0.4, 0.5) is 5.69 Å². The molecule has 0 saturated carbocycles. The van der Waals surface area contributed by atoms with Crippen LogP contribution in [0, 0.1) is 5.92 Å². The highest BCUT2D eigenvalue weighted by Crippen LogP contribution is 2.31. The van der Waals surface area contributed by atoms with Crippen LogP contribution in [-0.2, 0) is 16.0 Å². The Morgan fingerprint density at radius 1 is 1.12 bits per heavy atom. The van der Waals surface area contributed by atoms with Crippen molar-refractivity contribution in [3.05, 3.63) is 59.8 Å². The normalized spacial score (nSPS) is 14.8. The van der Waals surface area contributed by atoms with E-state index in [0.29, 0.717) is 30.3 Å². The van der Waals surface area contributed by atoms with Crippen molar-refractivity contribution in [3.8, 4) is 5.75 Å². The number of likely N-dealkylation sites (tertiary alicyclic amines) is 1. The van der Waals surface area contributed by atoms with Crippen LogP contribution in [0.3, 0.4) is 0 Å². The maximum absolute atomic E-state index is 12.9. The molecule has 7 heteroatoms. The third-order valence-corrected chi connectivity index (χ3v) is 6.48. The van der Waals surface area contributed by atoms with Crippen LogP contribution in [0.15, 0.2) is 48.5 Å². The number of anilines is 1. The summed E-state index contributed by atoms with van der Waals surface area (Å²) in [7, 11) is 1.58. The van der Waals surface area contributed by atoms with Gasteiger partial charge < -0.3 is 24.7 Å². The number of H-pyrrole nitrogens is 1. The molecule has 7 nitrogen and oxygen atoms in total. The fourth-order valence-corrected chi connectivity index (χ4v) is 4.61. The molecular formula is C27H33N3O4. The van der Waals surface area contributed by atoms with Crippen LogP contribution in [-0.4, -0.2) is 55.1 Å². The smallest absolute Gasteiger partial charge is 0.356 e. The lowest BCUT2D eigenvalue weighted by Gasteiger charge is -2.31. The Hall–Kier alpha value is -3.32. The first-order chi connectivity index (χ1) is 16.6. The number of nitrogens with zero attached hydrogens (tertiary/aromatic N) is 1. The quantitative estimate of drug-likeness (QED) is 0.452. The molecule has 180 valence electrons. The van der Waals surface area contributed by atoms with Crippen molar-refractivity contribution in [1.82, 2.24) is 9.88 Å². The summed E-state index contributed by atoms with van der Waals surface area (Å²) in [4.78, 5) is 30.8. The number of piperidine rings is 1. The van der Waals surface area contributed by atoms with Crippen LogP contribution in [0.25, 0.3) is 10.9 Å². The van der Waals surface area contributed by atoms with E-state index in [9.17, 15) is 9.59 Å². The maximum Gasteiger partial charge on any atom is 0.356 e. The average molecular weight is 464 g/mol. The van der Waals surface area contributed by atoms with Crippen molar-refractivity contribution in [1.29, 1.82) is 0 Å². The van der Waals surface area contributed by atoms with Crippen LogP contribution < -0.4 is 10.1 Å². The topological polar surface area (TPSA) is 83.7 Å². The van der Waals surface area contributed by atoms with E-state index in [1.165, 1.54) is 5.56 Å². The van der Waals surface area contributed by atoms with Gasteiger partial charge in [0.05, 0.1) is 19.4 Å². The number of esters is 1. The summed E-state index contributed by atoms with van der Waals surface area (Å²) < 4.78 is 10.5. The third-order valence-electron chi connectivity index (χ3n) is 6.48. The molecule has 0 radical (unpaired) electrons. The summed E-state index contributed by atoms with van der Waals surface area (Å²) in [5.74, 6) is 0.728. The molecule has 2 aromatic carbocycles. The predicted octanol–water partition coefficient (Wildman–Crippen LogP) is 4.64. The molecule has 4 rings (SSSR count). The van der Waals surface area contributed by atoms with E-state index in [1.54, 1.807) is 20.1 Å². The van der Waals surface area contributed by atoms with Crippen LogP contribution in [0.5, 0.6) is 5.75 Å². The van der Waals surface area contributed by atoms with Gasteiger partial charge in [0.2, 0.25) is 5.91 Å². The number of fused-ring (bicyclic) bond motifs is 1. The molecule has 1 aromatic heterocycles. The third kappa shape index (κ3) is 5.78. The summed E-state index contributed by atoms with van der Waals surface area (Å²) in [5, 5.41) is 3.67. The van der Waals surface area contributed by atoms with Crippen LogP contribution in [0.1, 0.15) is 42.2 Å².